The molecule has 19 heavy (non-hydrogen) atoms. The van der Waals surface area contributed by atoms with Gasteiger partial charge in [-0.2, -0.15) is 0 Å². The van der Waals surface area contributed by atoms with E-state index in [1.165, 1.54) is 33.0 Å². The third-order valence-corrected chi connectivity index (χ3v) is 3.45. The van der Waals surface area contributed by atoms with Gasteiger partial charge in [-0.1, -0.05) is 76.2 Å². The normalized spacial score (nSPS) is 13.7. The van der Waals surface area contributed by atoms with Crippen molar-refractivity contribution in [3.05, 3.63) is 59.7 Å². The molecule has 0 nitrogen and oxygen atoms in total. The highest BCUT2D eigenvalue weighted by molar-refractivity contribution is 6.17. The van der Waals surface area contributed by atoms with E-state index in [2.05, 4.69) is 48.6 Å². The van der Waals surface area contributed by atoms with E-state index in [-0.39, 0.29) is 0 Å². The van der Waals surface area contributed by atoms with Crippen LogP contribution < -0.4 is 0 Å². The van der Waals surface area contributed by atoms with Crippen molar-refractivity contribution in [1.29, 1.82) is 0 Å². The SMILES string of the molecule is C1=CC2=C(C1)c1cccc3cccc2c13.CC.CC. The number of hydrogen-bond donors (Lipinski definition) is 0. The van der Waals surface area contributed by atoms with Crippen LogP contribution in [-0.2, 0) is 0 Å². The van der Waals surface area contributed by atoms with Crippen LogP contribution in [-0.4, -0.2) is 0 Å². The van der Waals surface area contributed by atoms with Crippen LogP contribution in [0.4, 0.5) is 0 Å². The minimum absolute atomic E-state index is 1.10. The van der Waals surface area contributed by atoms with Crippen molar-refractivity contribution in [1.82, 2.24) is 0 Å². The molecule has 4 rings (SSSR count). The average Bonchev–Trinajstić information content (AvgIpc) is 3.09. The molecule has 0 N–H and O–H groups in total. The topological polar surface area (TPSA) is 0 Å². The van der Waals surface area contributed by atoms with Gasteiger partial charge in [-0.15, -0.1) is 0 Å². The molecule has 0 unspecified atom stereocenters. The van der Waals surface area contributed by atoms with Crippen LogP contribution in [0.25, 0.3) is 21.9 Å². The zero-order valence-corrected chi connectivity index (χ0v) is 12.3. The predicted molar refractivity (Wildman–Crippen MR) is 87.2 cm³/mol. The van der Waals surface area contributed by atoms with Crippen molar-refractivity contribution < 1.29 is 0 Å². The Morgan fingerprint density at radius 2 is 1.42 bits per heavy atom. The van der Waals surface area contributed by atoms with Crippen molar-refractivity contribution in [2.75, 3.05) is 0 Å². The van der Waals surface area contributed by atoms with Crippen LogP contribution in [0.2, 0.25) is 0 Å². The van der Waals surface area contributed by atoms with Crippen LogP contribution in [0, 0.1) is 0 Å². The van der Waals surface area contributed by atoms with E-state index >= 15 is 0 Å². The maximum Gasteiger partial charge on any atom is -0.00296 e. The maximum absolute atomic E-state index is 2.27. The van der Waals surface area contributed by atoms with E-state index in [9.17, 15) is 0 Å². The third kappa shape index (κ3) is 2.02. The van der Waals surface area contributed by atoms with Crippen LogP contribution in [0.5, 0.6) is 0 Å². The molecule has 0 saturated heterocycles. The van der Waals surface area contributed by atoms with Gasteiger partial charge >= 0.3 is 0 Å². The fraction of sp³-hybridized carbons (Fsp3) is 0.263. The highest BCUT2D eigenvalue weighted by Gasteiger charge is 2.23. The van der Waals surface area contributed by atoms with E-state index < -0.39 is 0 Å². The molecule has 2 aliphatic carbocycles. The van der Waals surface area contributed by atoms with Gasteiger partial charge in [0.15, 0.2) is 0 Å². The lowest BCUT2D eigenvalue weighted by atomic mass is 10.0. The van der Waals surface area contributed by atoms with Crippen LogP contribution >= 0.6 is 0 Å². The number of benzene rings is 2. The van der Waals surface area contributed by atoms with Crippen LogP contribution in [0.3, 0.4) is 0 Å². The highest BCUT2D eigenvalue weighted by Crippen LogP contribution is 2.46. The van der Waals surface area contributed by atoms with Gasteiger partial charge in [0, 0.05) is 0 Å². The summed E-state index contributed by atoms with van der Waals surface area (Å²) in [4.78, 5) is 0. The molecule has 0 amide bonds. The molecule has 0 aliphatic heterocycles. The summed E-state index contributed by atoms with van der Waals surface area (Å²) >= 11 is 0. The second-order valence-corrected chi connectivity index (χ2v) is 4.21. The molecule has 0 aromatic heterocycles. The summed E-state index contributed by atoms with van der Waals surface area (Å²) in [6, 6.07) is 13.2. The molecule has 0 heterocycles. The molecule has 0 spiro atoms. The molecule has 0 atom stereocenters. The summed E-state index contributed by atoms with van der Waals surface area (Å²) in [6.07, 6.45) is 5.63. The molecule has 0 radical (unpaired) electrons. The molecular formula is C19H22. The first-order valence-corrected chi connectivity index (χ1v) is 7.37. The zero-order chi connectivity index (χ0) is 13.8. The maximum atomic E-state index is 2.27. The van der Waals surface area contributed by atoms with E-state index in [0.717, 1.165) is 6.42 Å². The summed E-state index contributed by atoms with van der Waals surface area (Å²) in [7, 11) is 0. The van der Waals surface area contributed by atoms with Crippen molar-refractivity contribution in [2.45, 2.75) is 34.1 Å². The monoisotopic (exact) mass is 250 g/mol. The van der Waals surface area contributed by atoms with Crippen LogP contribution in [0.1, 0.15) is 45.2 Å². The Balaban J connectivity index is 0.000000308. The Morgan fingerprint density at radius 1 is 0.789 bits per heavy atom. The molecule has 0 bridgehead atoms. The predicted octanol–water partition coefficient (Wildman–Crippen LogP) is 6.08. The molecule has 2 aromatic rings. The summed E-state index contributed by atoms with van der Waals surface area (Å²) in [5.41, 5.74) is 5.83. The molecule has 0 fully saturated rings. The molecule has 2 aliphatic rings. The van der Waals surface area contributed by atoms with Crippen molar-refractivity contribution in [2.24, 2.45) is 0 Å². The summed E-state index contributed by atoms with van der Waals surface area (Å²) < 4.78 is 0. The van der Waals surface area contributed by atoms with E-state index in [1.54, 1.807) is 0 Å². The van der Waals surface area contributed by atoms with Gasteiger partial charge in [0.1, 0.15) is 0 Å². The largest absolute Gasteiger partial charge is 0.0795 e. The van der Waals surface area contributed by atoms with Gasteiger partial charge in [0.25, 0.3) is 0 Å². The Labute approximate surface area is 116 Å². The Hall–Kier alpha value is -1.82. The second kappa shape index (κ2) is 5.88. The van der Waals surface area contributed by atoms with E-state index in [1.807, 2.05) is 27.7 Å². The smallest absolute Gasteiger partial charge is 0.00296 e. The highest BCUT2D eigenvalue weighted by atomic mass is 14.3. The van der Waals surface area contributed by atoms with Gasteiger partial charge in [-0.25, -0.2) is 0 Å². The lowest BCUT2D eigenvalue weighted by molar-refractivity contribution is 1.46. The van der Waals surface area contributed by atoms with Gasteiger partial charge in [0.2, 0.25) is 0 Å². The van der Waals surface area contributed by atoms with Crippen molar-refractivity contribution in [3.8, 4) is 0 Å². The first-order chi connectivity index (χ1) is 9.45. The van der Waals surface area contributed by atoms with Gasteiger partial charge in [-0.3, -0.25) is 0 Å². The Morgan fingerprint density at radius 3 is 2.11 bits per heavy atom. The fourth-order valence-electron chi connectivity index (χ4n) is 2.83. The lowest BCUT2D eigenvalue weighted by Crippen LogP contribution is -1.80. The zero-order valence-electron chi connectivity index (χ0n) is 12.3. The molecule has 2 aromatic carbocycles. The minimum atomic E-state index is 1.10. The minimum Gasteiger partial charge on any atom is -0.0795 e. The van der Waals surface area contributed by atoms with E-state index in [0.29, 0.717) is 0 Å². The average molecular weight is 250 g/mol. The molecule has 0 saturated carbocycles. The molecular weight excluding hydrogens is 228 g/mol. The van der Waals surface area contributed by atoms with Gasteiger partial charge < -0.3 is 0 Å². The fourth-order valence-corrected chi connectivity index (χ4v) is 2.83. The Kier molecular flexibility index (Phi) is 4.21. The van der Waals surface area contributed by atoms with Gasteiger partial charge in [0.05, 0.1) is 0 Å². The third-order valence-electron chi connectivity index (χ3n) is 3.45. The number of hydrogen-bond acceptors (Lipinski definition) is 0. The number of rotatable bonds is 0. The standard InChI is InChI=1S/C15H10.2C2H6/c1-4-10-5-2-9-14-12-7-3-6-11(12)13(8-1)15(10)14;2*1-2/h1-6,8-9H,7H2;2*1-2H3. The summed E-state index contributed by atoms with van der Waals surface area (Å²) in [5.74, 6) is 0. The first-order valence-electron chi connectivity index (χ1n) is 7.37. The van der Waals surface area contributed by atoms with Crippen molar-refractivity contribution >= 4 is 21.9 Å². The lowest BCUT2D eigenvalue weighted by Gasteiger charge is -2.03. The number of fused-ring (bicyclic) bond motifs is 2. The molecule has 98 valence electrons. The van der Waals surface area contributed by atoms with Gasteiger partial charge in [-0.05, 0) is 39.5 Å². The summed E-state index contributed by atoms with van der Waals surface area (Å²) in [5, 5.41) is 2.82. The van der Waals surface area contributed by atoms with E-state index in [4.69, 9.17) is 0 Å². The molecule has 0 heteroatoms. The quantitative estimate of drug-likeness (QED) is 0.532. The van der Waals surface area contributed by atoms with Crippen LogP contribution in [0.15, 0.2) is 48.6 Å². The number of allylic oxidation sites excluding steroid dienone is 4. The van der Waals surface area contributed by atoms with Crippen molar-refractivity contribution in [3.63, 3.8) is 0 Å². The Bertz CT molecular complexity index is 637. The first kappa shape index (κ1) is 13.6. The second-order valence-electron chi connectivity index (χ2n) is 4.21. The summed E-state index contributed by atoms with van der Waals surface area (Å²) in [6.45, 7) is 8.00.